The van der Waals surface area contributed by atoms with Crippen molar-refractivity contribution in [2.75, 3.05) is 7.11 Å². The van der Waals surface area contributed by atoms with Gasteiger partial charge in [0, 0.05) is 27.8 Å². The number of halogens is 1. The van der Waals surface area contributed by atoms with E-state index in [2.05, 4.69) is 17.1 Å². The molecule has 0 radical (unpaired) electrons. The Kier molecular flexibility index (Phi) is 3.90. The van der Waals surface area contributed by atoms with Gasteiger partial charge in [0.1, 0.15) is 5.75 Å². The first-order valence-corrected chi connectivity index (χ1v) is 7.69. The number of para-hydroxylation sites is 1. The van der Waals surface area contributed by atoms with E-state index in [0.29, 0.717) is 0 Å². The van der Waals surface area contributed by atoms with Crippen molar-refractivity contribution in [2.24, 2.45) is 0 Å². The molecule has 3 aromatic rings. The Morgan fingerprint density at radius 1 is 1.25 bits per heavy atom. The molecule has 0 aliphatic rings. The summed E-state index contributed by atoms with van der Waals surface area (Å²) in [6, 6.07) is 14.2. The van der Waals surface area contributed by atoms with Gasteiger partial charge in [-0.25, -0.2) is 0 Å². The van der Waals surface area contributed by atoms with Gasteiger partial charge in [-0.1, -0.05) is 24.3 Å². The molecule has 2 aromatic heterocycles. The largest absolute Gasteiger partial charge is 0.496 e. The van der Waals surface area contributed by atoms with Gasteiger partial charge >= 0.3 is 0 Å². The maximum absolute atomic E-state index is 6.48. The molecule has 4 heteroatoms. The average molecular weight is 304 g/mol. The highest BCUT2D eigenvalue weighted by atomic mass is 35.5. The number of aromatic nitrogens is 1. The van der Waals surface area contributed by atoms with Crippen LogP contribution in [-0.2, 0) is 6.42 Å². The number of benzene rings is 1. The Balaban J connectivity index is 1.81. The summed E-state index contributed by atoms with van der Waals surface area (Å²) >= 11 is 8.10. The lowest BCUT2D eigenvalue weighted by molar-refractivity contribution is 0.416. The van der Waals surface area contributed by atoms with Crippen molar-refractivity contribution in [3.8, 4) is 5.75 Å². The minimum Gasteiger partial charge on any atom is -0.496 e. The molecule has 1 aromatic carbocycles. The van der Waals surface area contributed by atoms with Crippen LogP contribution in [0.5, 0.6) is 5.75 Å². The van der Waals surface area contributed by atoms with Crippen molar-refractivity contribution in [3.05, 3.63) is 58.4 Å². The van der Waals surface area contributed by atoms with Crippen molar-refractivity contribution >= 4 is 33.8 Å². The lowest BCUT2D eigenvalue weighted by Gasteiger charge is -2.07. The predicted octanol–water partition coefficient (Wildman–Crippen LogP) is 4.83. The van der Waals surface area contributed by atoms with Crippen LogP contribution in [0.25, 0.3) is 10.9 Å². The van der Waals surface area contributed by atoms with Gasteiger partial charge in [0.2, 0.25) is 0 Å². The maximum atomic E-state index is 6.48. The molecule has 2 heterocycles. The van der Waals surface area contributed by atoms with E-state index in [1.165, 1.54) is 0 Å². The van der Waals surface area contributed by atoms with E-state index in [1.807, 2.05) is 35.7 Å². The zero-order valence-corrected chi connectivity index (χ0v) is 12.6. The van der Waals surface area contributed by atoms with Gasteiger partial charge in [0.25, 0.3) is 0 Å². The number of rotatable bonds is 4. The molecule has 0 N–H and O–H groups in total. The molecule has 0 amide bonds. The molecule has 1 atom stereocenters. The van der Waals surface area contributed by atoms with E-state index < -0.39 is 0 Å². The molecule has 1 unspecified atom stereocenters. The standard InChI is InChI=1S/C16H14ClNOS/c1-19-13-9-16(20-10-13)14(17)8-12-7-6-11-4-2-3-5-15(11)18-12/h2-7,9-10,14H,8H2,1H3. The summed E-state index contributed by atoms with van der Waals surface area (Å²) in [6.07, 6.45) is 0.718. The number of thiophene rings is 1. The number of fused-ring (bicyclic) bond motifs is 1. The summed E-state index contributed by atoms with van der Waals surface area (Å²) in [4.78, 5) is 5.77. The lowest BCUT2D eigenvalue weighted by atomic mass is 10.1. The summed E-state index contributed by atoms with van der Waals surface area (Å²) < 4.78 is 5.19. The molecule has 0 aliphatic carbocycles. The number of ether oxygens (including phenoxy) is 1. The van der Waals surface area contributed by atoms with Crippen molar-refractivity contribution < 1.29 is 4.74 Å². The second-order valence-electron chi connectivity index (χ2n) is 4.56. The van der Waals surface area contributed by atoms with E-state index >= 15 is 0 Å². The van der Waals surface area contributed by atoms with Crippen molar-refractivity contribution in [1.82, 2.24) is 4.98 Å². The second kappa shape index (κ2) is 5.81. The number of methoxy groups -OCH3 is 1. The fourth-order valence-corrected chi connectivity index (χ4v) is 3.32. The molecule has 2 nitrogen and oxygen atoms in total. The Morgan fingerprint density at radius 2 is 2.10 bits per heavy atom. The summed E-state index contributed by atoms with van der Waals surface area (Å²) in [5.41, 5.74) is 2.02. The monoisotopic (exact) mass is 303 g/mol. The number of pyridine rings is 1. The highest BCUT2D eigenvalue weighted by Gasteiger charge is 2.13. The first-order valence-electron chi connectivity index (χ1n) is 6.37. The average Bonchev–Trinajstić information content (AvgIpc) is 2.96. The topological polar surface area (TPSA) is 22.1 Å². The highest BCUT2D eigenvalue weighted by Crippen LogP contribution is 2.33. The molecule has 20 heavy (non-hydrogen) atoms. The third-order valence-electron chi connectivity index (χ3n) is 3.18. The van der Waals surface area contributed by atoms with Crippen LogP contribution in [-0.4, -0.2) is 12.1 Å². The minimum absolute atomic E-state index is 0.0717. The molecule has 0 saturated carbocycles. The van der Waals surface area contributed by atoms with Gasteiger partial charge in [-0.2, -0.15) is 0 Å². The van der Waals surface area contributed by atoms with Crippen LogP contribution in [0, 0.1) is 0 Å². The van der Waals surface area contributed by atoms with E-state index in [4.69, 9.17) is 16.3 Å². The molecule has 0 spiro atoms. The van der Waals surface area contributed by atoms with Crippen LogP contribution >= 0.6 is 22.9 Å². The van der Waals surface area contributed by atoms with E-state index in [9.17, 15) is 0 Å². The Morgan fingerprint density at radius 3 is 2.90 bits per heavy atom. The van der Waals surface area contributed by atoms with Gasteiger partial charge in [0.15, 0.2) is 0 Å². The first-order chi connectivity index (χ1) is 9.76. The van der Waals surface area contributed by atoms with Gasteiger partial charge in [-0.05, 0) is 18.2 Å². The van der Waals surface area contributed by atoms with Crippen molar-refractivity contribution in [3.63, 3.8) is 0 Å². The zero-order chi connectivity index (χ0) is 13.9. The van der Waals surface area contributed by atoms with Crippen LogP contribution in [0.4, 0.5) is 0 Å². The second-order valence-corrected chi connectivity index (χ2v) is 6.03. The van der Waals surface area contributed by atoms with Gasteiger partial charge in [-0.3, -0.25) is 4.98 Å². The number of hydrogen-bond donors (Lipinski definition) is 0. The molecule has 0 aliphatic heterocycles. The van der Waals surface area contributed by atoms with Crippen molar-refractivity contribution in [2.45, 2.75) is 11.8 Å². The third-order valence-corrected chi connectivity index (χ3v) is 4.73. The minimum atomic E-state index is -0.0717. The van der Waals surface area contributed by atoms with Crippen molar-refractivity contribution in [1.29, 1.82) is 0 Å². The van der Waals surface area contributed by atoms with Crippen LogP contribution in [0.2, 0.25) is 0 Å². The van der Waals surface area contributed by atoms with E-state index in [-0.39, 0.29) is 5.38 Å². The summed E-state index contributed by atoms with van der Waals surface area (Å²) in [5, 5.41) is 3.05. The number of nitrogens with zero attached hydrogens (tertiary/aromatic N) is 1. The Bertz CT molecular complexity index is 725. The number of alkyl halides is 1. The summed E-state index contributed by atoms with van der Waals surface area (Å²) in [6.45, 7) is 0. The zero-order valence-electron chi connectivity index (χ0n) is 11.0. The quantitative estimate of drug-likeness (QED) is 0.644. The molecule has 0 bridgehead atoms. The summed E-state index contributed by atoms with van der Waals surface area (Å²) in [5.74, 6) is 0.863. The van der Waals surface area contributed by atoms with Gasteiger partial charge < -0.3 is 4.74 Å². The SMILES string of the molecule is COc1csc(C(Cl)Cc2ccc3ccccc3n2)c1. The predicted molar refractivity (Wildman–Crippen MR) is 84.9 cm³/mol. The maximum Gasteiger partial charge on any atom is 0.129 e. The molecule has 102 valence electrons. The normalized spacial score (nSPS) is 12.5. The van der Waals surface area contributed by atoms with Crippen LogP contribution in [0.15, 0.2) is 47.8 Å². The third kappa shape index (κ3) is 2.79. The Labute approximate surface area is 127 Å². The van der Waals surface area contributed by atoms with Crippen LogP contribution in [0.3, 0.4) is 0 Å². The summed E-state index contributed by atoms with van der Waals surface area (Å²) in [7, 11) is 1.67. The molecular formula is C16H14ClNOS. The molecular weight excluding hydrogens is 290 g/mol. The van der Waals surface area contributed by atoms with Crippen LogP contribution in [0.1, 0.15) is 15.9 Å². The Hall–Kier alpha value is -1.58. The first kappa shape index (κ1) is 13.4. The fourth-order valence-electron chi connectivity index (χ4n) is 2.11. The lowest BCUT2D eigenvalue weighted by Crippen LogP contribution is -1.96. The molecule has 3 rings (SSSR count). The van der Waals surface area contributed by atoms with E-state index in [0.717, 1.165) is 33.6 Å². The van der Waals surface area contributed by atoms with E-state index in [1.54, 1.807) is 18.4 Å². The fraction of sp³-hybridized carbons (Fsp3) is 0.188. The van der Waals surface area contributed by atoms with Gasteiger partial charge in [-0.15, -0.1) is 22.9 Å². The highest BCUT2D eigenvalue weighted by molar-refractivity contribution is 7.10. The van der Waals surface area contributed by atoms with Crippen LogP contribution < -0.4 is 4.74 Å². The van der Waals surface area contributed by atoms with Gasteiger partial charge in [0.05, 0.1) is 18.0 Å². The smallest absolute Gasteiger partial charge is 0.129 e. The molecule has 0 fully saturated rings. The molecule has 0 saturated heterocycles. The number of hydrogen-bond acceptors (Lipinski definition) is 3.